The van der Waals surface area contributed by atoms with Gasteiger partial charge in [-0.25, -0.2) is 0 Å². The summed E-state index contributed by atoms with van der Waals surface area (Å²) in [6, 6.07) is 8.47. The Labute approximate surface area is 176 Å². The summed E-state index contributed by atoms with van der Waals surface area (Å²) in [5.41, 5.74) is 2.63. The molecule has 1 saturated heterocycles. The second-order valence-electron chi connectivity index (χ2n) is 6.76. The molecule has 0 unspecified atom stereocenters. The van der Waals surface area contributed by atoms with Gasteiger partial charge in [0.2, 0.25) is 0 Å². The molecule has 5 nitrogen and oxygen atoms in total. The summed E-state index contributed by atoms with van der Waals surface area (Å²) in [6.45, 7) is 13.5. The zero-order valence-electron chi connectivity index (χ0n) is 16.6. The third-order valence-electron chi connectivity index (χ3n) is 5.04. The van der Waals surface area contributed by atoms with Gasteiger partial charge in [0.15, 0.2) is 5.96 Å². The van der Waals surface area contributed by atoms with Crippen molar-refractivity contribution < 1.29 is 0 Å². The summed E-state index contributed by atoms with van der Waals surface area (Å²) in [6.07, 6.45) is 2.42. The van der Waals surface area contributed by atoms with Crippen LogP contribution in [0.4, 0.5) is 0 Å². The summed E-state index contributed by atoms with van der Waals surface area (Å²) >= 11 is 0. The molecular weight excluding hydrogens is 437 g/mol. The van der Waals surface area contributed by atoms with Crippen molar-refractivity contribution in [2.45, 2.75) is 33.2 Å². The number of guanidine groups is 1. The van der Waals surface area contributed by atoms with Gasteiger partial charge in [-0.1, -0.05) is 31.2 Å². The number of aliphatic imine (C=N–C) groups is 1. The van der Waals surface area contributed by atoms with Gasteiger partial charge >= 0.3 is 0 Å². The summed E-state index contributed by atoms with van der Waals surface area (Å²) in [4.78, 5) is 9.44. The van der Waals surface area contributed by atoms with Crippen LogP contribution in [0.3, 0.4) is 0 Å². The normalized spacial score (nSPS) is 16.2. The van der Waals surface area contributed by atoms with Gasteiger partial charge in [-0.15, -0.1) is 24.0 Å². The van der Waals surface area contributed by atoms with Crippen LogP contribution in [0.2, 0.25) is 0 Å². The number of aryl methyl sites for hydroxylation is 1. The highest BCUT2D eigenvalue weighted by atomic mass is 127. The first-order valence-electron chi connectivity index (χ1n) is 9.66. The quantitative estimate of drug-likeness (QED) is 0.264. The maximum absolute atomic E-state index is 4.32. The Balaban J connectivity index is 0.00000338. The van der Waals surface area contributed by atoms with E-state index in [4.69, 9.17) is 0 Å². The first-order valence-corrected chi connectivity index (χ1v) is 9.66. The van der Waals surface area contributed by atoms with Crippen molar-refractivity contribution in [2.24, 2.45) is 4.99 Å². The van der Waals surface area contributed by atoms with Gasteiger partial charge in [0.05, 0.1) is 0 Å². The fraction of sp³-hybridized carbons (Fsp3) is 0.650. The fourth-order valence-electron chi connectivity index (χ4n) is 3.20. The zero-order valence-corrected chi connectivity index (χ0v) is 19.0. The Morgan fingerprint density at radius 2 is 1.73 bits per heavy atom. The first kappa shape index (κ1) is 23.2. The molecule has 2 N–H and O–H groups in total. The van der Waals surface area contributed by atoms with Crippen LogP contribution in [-0.2, 0) is 6.54 Å². The molecule has 1 aromatic carbocycles. The van der Waals surface area contributed by atoms with Gasteiger partial charge in [0, 0.05) is 46.3 Å². The first-order chi connectivity index (χ1) is 12.2. The number of likely N-dealkylation sites (N-methyl/N-ethyl adjacent to an activating group) is 1. The van der Waals surface area contributed by atoms with E-state index < -0.39 is 0 Å². The highest BCUT2D eigenvalue weighted by Crippen LogP contribution is 2.06. The van der Waals surface area contributed by atoms with E-state index in [1.807, 2.05) is 7.05 Å². The largest absolute Gasteiger partial charge is 0.356 e. The highest BCUT2D eigenvalue weighted by molar-refractivity contribution is 14.0. The fourth-order valence-corrected chi connectivity index (χ4v) is 3.20. The van der Waals surface area contributed by atoms with Crippen molar-refractivity contribution in [2.75, 3.05) is 52.9 Å². The van der Waals surface area contributed by atoms with E-state index in [9.17, 15) is 0 Å². The number of piperazine rings is 1. The number of halogens is 1. The number of nitrogens with zero attached hydrogens (tertiary/aromatic N) is 3. The molecular formula is C20H36IN5. The Bertz CT molecular complexity index is 527. The molecule has 2 rings (SSSR count). The van der Waals surface area contributed by atoms with Crippen LogP contribution in [0.5, 0.6) is 0 Å². The molecule has 0 aliphatic carbocycles. The molecule has 1 aliphatic heterocycles. The molecule has 0 aromatic heterocycles. The second-order valence-corrected chi connectivity index (χ2v) is 6.76. The smallest absolute Gasteiger partial charge is 0.191 e. The van der Waals surface area contributed by atoms with E-state index in [2.05, 4.69) is 63.5 Å². The molecule has 0 amide bonds. The van der Waals surface area contributed by atoms with Gasteiger partial charge in [-0.3, -0.25) is 4.99 Å². The van der Waals surface area contributed by atoms with E-state index in [1.54, 1.807) is 0 Å². The minimum absolute atomic E-state index is 0. The third kappa shape index (κ3) is 8.22. The van der Waals surface area contributed by atoms with Gasteiger partial charge < -0.3 is 20.4 Å². The minimum Gasteiger partial charge on any atom is -0.356 e. The molecule has 1 fully saturated rings. The lowest BCUT2D eigenvalue weighted by atomic mass is 10.1. The van der Waals surface area contributed by atoms with Crippen molar-refractivity contribution in [3.05, 3.63) is 35.4 Å². The molecule has 0 saturated carbocycles. The number of hydrogen-bond donors (Lipinski definition) is 2. The molecule has 0 radical (unpaired) electrons. The molecule has 1 aliphatic rings. The van der Waals surface area contributed by atoms with Crippen LogP contribution in [0.1, 0.15) is 30.9 Å². The lowest BCUT2D eigenvalue weighted by molar-refractivity contribution is 0.136. The molecule has 0 bridgehead atoms. The zero-order chi connectivity index (χ0) is 17.9. The maximum atomic E-state index is 4.32. The molecule has 1 heterocycles. The van der Waals surface area contributed by atoms with Gasteiger partial charge in [-0.2, -0.15) is 0 Å². The number of unbranched alkanes of at least 4 members (excludes halogenated alkanes) is 1. The Morgan fingerprint density at radius 1 is 1.04 bits per heavy atom. The van der Waals surface area contributed by atoms with Crippen molar-refractivity contribution in [1.82, 2.24) is 20.4 Å². The summed E-state index contributed by atoms with van der Waals surface area (Å²) in [5.74, 6) is 0.889. The number of benzene rings is 1. The van der Waals surface area contributed by atoms with Crippen LogP contribution < -0.4 is 10.6 Å². The Hall–Kier alpha value is -0.860. The van der Waals surface area contributed by atoms with Gasteiger partial charge in [0.25, 0.3) is 0 Å². The van der Waals surface area contributed by atoms with E-state index in [1.165, 1.54) is 63.2 Å². The van der Waals surface area contributed by atoms with Crippen LogP contribution in [0, 0.1) is 6.92 Å². The number of hydrogen-bond acceptors (Lipinski definition) is 3. The number of nitrogens with one attached hydrogen (secondary N) is 2. The molecule has 26 heavy (non-hydrogen) atoms. The summed E-state index contributed by atoms with van der Waals surface area (Å²) < 4.78 is 0. The monoisotopic (exact) mass is 473 g/mol. The predicted octanol–water partition coefficient (Wildman–Crippen LogP) is 2.70. The highest BCUT2D eigenvalue weighted by Gasteiger charge is 2.14. The van der Waals surface area contributed by atoms with E-state index in [0.29, 0.717) is 0 Å². The third-order valence-corrected chi connectivity index (χ3v) is 5.04. The van der Waals surface area contributed by atoms with Crippen LogP contribution in [0.25, 0.3) is 0 Å². The lowest BCUT2D eigenvalue weighted by Gasteiger charge is -2.34. The predicted molar refractivity (Wildman–Crippen MR) is 123 cm³/mol. The molecule has 1 aromatic rings. The molecule has 0 atom stereocenters. The Morgan fingerprint density at radius 3 is 2.38 bits per heavy atom. The standard InChI is InChI=1S/C20H35N5.HI/c1-4-24-13-15-25(16-14-24)12-8-7-11-22-20(21-3)23-17-19-10-6-5-9-18(19)2;/h5-6,9-10H,4,7-8,11-17H2,1-3H3,(H2,21,22,23);1H. The van der Waals surface area contributed by atoms with Crippen molar-refractivity contribution in [3.8, 4) is 0 Å². The molecule has 148 valence electrons. The molecule has 6 heteroatoms. The minimum atomic E-state index is 0. The van der Waals surface area contributed by atoms with Crippen LogP contribution in [0.15, 0.2) is 29.3 Å². The van der Waals surface area contributed by atoms with Crippen molar-refractivity contribution in [3.63, 3.8) is 0 Å². The summed E-state index contributed by atoms with van der Waals surface area (Å²) in [5, 5.41) is 6.83. The second kappa shape index (κ2) is 13.3. The average Bonchev–Trinajstić information content (AvgIpc) is 2.65. The topological polar surface area (TPSA) is 42.9 Å². The summed E-state index contributed by atoms with van der Waals surface area (Å²) in [7, 11) is 1.83. The van der Waals surface area contributed by atoms with E-state index in [0.717, 1.165) is 19.0 Å². The van der Waals surface area contributed by atoms with Gasteiger partial charge in [-0.05, 0) is 44.0 Å². The SMILES string of the molecule is CCN1CCN(CCCCNC(=NC)NCc2ccccc2C)CC1.I. The van der Waals surface area contributed by atoms with Crippen molar-refractivity contribution >= 4 is 29.9 Å². The van der Waals surface area contributed by atoms with E-state index >= 15 is 0 Å². The van der Waals surface area contributed by atoms with Crippen molar-refractivity contribution in [1.29, 1.82) is 0 Å². The number of rotatable bonds is 8. The lowest BCUT2D eigenvalue weighted by Crippen LogP contribution is -2.46. The average molecular weight is 473 g/mol. The van der Waals surface area contributed by atoms with Crippen LogP contribution >= 0.6 is 24.0 Å². The van der Waals surface area contributed by atoms with Crippen LogP contribution in [-0.4, -0.2) is 68.6 Å². The maximum Gasteiger partial charge on any atom is 0.191 e. The van der Waals surface area contributed by atoms with E-state index in [-0.39, 0.29) is 24.0 Å². The Kier molecular flexibility index (Phi) is 11.9. The molecule has 0 spiro atoms. The van der Waals surface area contributed by atoms with Gasteiger partial charge in [0.1, 0.15) is 0 Å².